The first-order valence-electron chi connectivity index (χ1n) is 6.94. The summed E-state index contributed by atoms with van der Waals surface area (Å²) in [6.45, 7) is 7.23. The van der Waals surface area contributed by atoms with Crippen LogP contribution in [-0.4, -0.2) is 42.6 Å². The number of nitrogens with zero attached hydrogens (tertiary/aromatic N) is 1. The van der Waals surface area contributed by atoms with Crippen LogP contribution in [0.2, 0.25) is 0 Å². The normalized spacial score (nSPS) is 18.8. The van der Waals surface area contributed by atoms with Crippen molar-refractivity contribution >= 4 is 11.6 Å². The molecular formula is C15H23N3O2. The maximum Gasteiger partial charge on any atom is 0.238 e. The van der Waals surface area contributed by atoms with Gasteiger partial charge < -0.3 is 15.8 Å². The van der Waals surface area contributed by atoms with Crippen molar-refractivity contribution in [2.24, 2.45) is 5.73 Å². The number of ether oxygens (including phenoxy) is 1. The molecule has 5 heteroatoms. The maximum atomic E-state index is 12.0. The fraction of sp³-hybridized carbons (Fsp3) is 0.533. The summed E-state index contributed by atoms with van der Waals surface area (Å²) in [6.07, 6.45) is 0. The minimum Gasteiger partial charge on any atom is -0.373 e. The number of anilines is 1. The molecule has 1 aliphatic rings. The summed E-state index contributed by atoms with van der Waals surface area (Å²) in [6, 6.07) is 7.60. The highest BCUT2D eigenvalue weighted by Gasteiger charge is 2.28. The second-order valence-corrected chi connectivity index (χ2v) is 5.77. The second-order valence-electron chi connectivity index (χ2n) is 5.77. The van der Waals surface area contributed by atoms with Crippen molar-refractivity contribution in [2.45, 2.75) is 26.0 Å². The fourth-order valence-electron chi connectivity index (χ4n) is 2.38. The molecule has 0 atom stereocenters. The Bertz CT molecular complexity index is 457. The van der Waals surface area contributed by atoms with E-state index in [1.54, 1.807) is 0 Å². The van der Waals surface area contributed by atoms with E-state index in [4.69, 9.17) is 10.5 Å². The third-order valence-corrected chi connectivity index (χ3v) is 3.35. The van der Waals surface area contributed by atoms with E-state index in [0.717, 1.165) is 24.3 Å². The van der Waals surface area contributed by atoms with Gasteiger partial charge in [-0.25, -0.2) is 0 Å². The van der Waals surface area contributed by atoms with Crippen molar-refractivity contribution in [1.82, 2.24) is 4.90 Å². The number of nitrogens with two attached hydrogens (primary N) is 1. The van der Waals surface area contributed by atoms with Gasteiger partial charge in [-0.2, -0.15) is 0 Å². The molecule has 0 aliphatic carbocycles. The number of rotatable bonds is 4. The lowest BCUT2D eigenvalue weighted by molar-refractivity contribution is -0.122. The number of carbonyl (C=O) groups is 1. The van der Waals surface area contributed by atoms with Crippen LogP contribution < -0.4 is 11.1 Å². The number of morpholine rings is 1. The minimum absolute atomic E-state index is 0.00296. The molecule has 1 aromatic rings. The predicted molar refractivity (Wildman–Crippen MR) is 79.4 cm³/mol. The summed E-state index contributed by atoms with van der Waals surface area (Å²) in [4.78, 5) is 14.1. The van der Waals surface area contributed by atoms with E-state index >= 15 is 0 Å². The quantitative estimate of drug-likeness (QED) is 0.867. The van der Waals surface area contributed by atoms with Gasteiger partial charge in [-0.15, -0.1) is 0 Å². The maximum absolute atomic E-state index is 12.0. The molecule has 5 nitrogen and oxygen atoms in total. The van der Waals surface area contributed by atoms with E-state index in [1.807, 2.05) is 38.1 Å². The lowest BCUT2D eigenvalue weighted by atomic mass is 10.1. The second kappa shape index (κ2) is 6.35. The first-order chi connectivity index (χ1) is 9.48. The number of nitrogens with one attached hydrogen (secondary N) is 1. The summed E-state index contributed by atoms with van der Waals surface area (Å²) in [7, 11) is 0. The topological polar surface area (TPSA) is 67.6 Å². The Labute approximate surface area is 120 Å². The Morgan fingerprint density at radius 3 is 2.70 bits per heavy atom. The van der Waals surface area contributed by atoms with Gasteiger partial charge in [0.25, 0.3) is 0 Å². The molecule has 3 N–H and O–H groups in total. The van der Waals surface area contributed by atoms with Crippen LogP contribution in [0.1, 0.15) is 19.4 Å². The van der Waals surface area contributed by atoms with E-state index in [0.29, 0.717) is 19.7 Å². The molecule has 2 rings (SSSR count). The van der Waals surface area contributed by atoms with Crippen LogP contribution in [0.5, 0.6) is 0 Å². The number of carbonyl (C=O) groups excluding carboxylic acids is 1. The smallest absolute Gasteiger partial charge is 0.238 e. The summed E-state index contributed by atoms with van der Waals surface area (Å²) in [5, 5.41) is 2.91. The third-order valence-electron chi connectivity index (χ3n) is 3.35. The Morgan fingerprint density at radius 1 is 1.40 bits per heavy atom. The van der Waals surface area contributed by atoms with Crippen LogP contribution in [-0.2, 0) is 16.1 Å². The van der Waals surface area contributed by atoms with Crippen molar-refractivity contribution in [3.8, 4) is 0 Å². The van der Waals surface area contributed by atoms with Crippen LogP contribution in [0, 0.1) is 0 Å². The molecule has 0 unspecified atom stereocenters. The Hall–Kier alpha value is -1.43. The van der Waals surface area contributed by atoms with Crippen LogP contribution >= 0.6 is 0 Å². The Balaban J connectivity index is 1.85. The number of benzene rings is 1. The molecule has 1 aromatic carbocycles. The molecule has 0 radical (unpaired) electrons. The van der Waals surface area contributed by atoms with Gasteiger partial charge in [0.15, 0.2) is 0 Å². The van der Waals surface area contributed by atoms with Crippen molar-refractivity contribution in [3.63, 3.8) is 0 Å². The summed E-state index contributed by atoms with van der Waals surface area (Å²) in [5.74, 6) is 0.00296. The Kier molecular flexibility index (Phi) is 4.75. The molecule has 1 heterocycles. The summed E-state index contributed by atoms with van der Waals surface area (Å²) >= 11 is 0. The van der Waals surface area contributed by atoms with E-state index in [9.17, 15) is 4.79 Å². The van der Waals surface area contributed by atoms with Crippen molar-refractivity contribution in [1.29, 1.82) is 0 Å². The largest absolute Gasteiger partial charge is 0.373 e. The van der Waals surface area contributed by atoms with Gasteiger partial charge in [0.1, 0.15) is 0 Å². The van der Waals surface area contributed by atoms with Gasteiger partial charge in [-0.05, 0) is 31.5 Å². The van der Waals surface area contributed by atoms with Crippen molar-refractivity contribution in [3.05, 3.63) is 29.8 Å². The number of amides is 1. The molecule has 0 aromatic heterocycles. The highest BCUT2D eigenvalue weighted by atomic mass is 16.5. The molecular weight excluding hydrogens is 254 g/mol. The lowest BCUT2D eigenvalue weighted by Gasteiger charge is -2.37. The van der Waals surface area contributed by atoms with E-state index in [1.165, 1.54) is 0 Å². The number of hydrogen-bond acceptors (Lipinski definition) is 4. The number of hydrogen-bond donors (Lipinski definition) is 2. The molecule has 0 spiro atoms. The van der Waals surface area contributed by atoms with Crippen molar-refractivity contribution < 1.29 is 9.53 Å². The first-order valence-corrected chi connectivity index (χ1v) is 6.94. The van der Waals surface area contributed by atoms with Gasteiger partial charge in [0.2, 0.25) is 5.91 Å². The van der Waals surface area contributed by atoms with Gasteiger partial charge in [-0.3, -0.25) is 9.69 Å². The summed E-state index contributed by atoms with van der Waals surface area (Å²) in [5.41, 5.74) is 7.22. The van der Waals surface area contributed by atoms with E-state index < -0.39 is 0 Å². The van der Waals surface area contributed by atoms with Crippen LogP contribution in [0.4, 0.5) is 5.69 Å². The molecule has 0 saturated carbocycles. The first kappa shape index (κ1) is 15.0. The average molecular weight is 277 g/mol. The SMILES string of the molecule is CC1(C)CN(CC(=O)Nc2ccc(CN)cc2)CCO1. The molecule has 1 fully saturated rings. The molecule has 1 aliphatic heterocycles. The van der Waals surface area contributed by atoms with Crippen LogP contribution in [0.3, 0.4) is 0 Å². The van der Waals surface area contributed by atoms with E-state index in [2.05, 4.69) is 10.2 Å². The third kappa shape index (κ3) is 4.30. The standard InChI is InChI=1S/C15H23N3O2/c1-15(2)11-18(7-8-20-15)10-14(19)17-13-5-3-12(9-16)4-6-13/h3-6H,7-11,16H2,1-2H3,(H,17,19). The minimum atomic E-state index is -0.179. The Morgan fingerprint density at radius 2 is 2.10 bits per heavy atom. The highest BCUT2D eigenvalue weighted by Crippen LogP contribution is 2.16. The van der Waals surface area contributed by atoms with Crippen molar-refractivity contribution in [2.75, 3.05) is 31.6 Å². The van der Waals surface area contributed by atoms with Gasteiger partial charge in [0, 0.05) is 25.3 Å². The molecule has 20 heavy (non-hydrogen) atoms. The average Bonchev–Trinajstić information content (AvgIpc) is 2.38. The predicted octanol–water partition coefficient (Wildman–Crippen LogP) is 1.19. The lowest BCUT2D eigenvalue weighted by Crippen LogP contribution is -2.50. The zero-order chi connectivity index (χ0) is 14.6. The molecule has 110 valence electrons. The molecule has 0 bridgehead atoms. The molecule has 1 saturated heterocycles. The van der Waals surface area contributed by atoms with Crippen LogP contribution in [0.25, 0.3) is 0 Å². The van der Waals surface area contributed by atoms with Gasteiger partial charge >= 0.3 is 0 Å². The summed E-state index contributed by atoms with van der Waals surface area (Å²) < 4.78 is 5.64. The zero-order valence-corrected chi connectivity index (χ0v) is 12.2. The highest BCUT2D eigenvalue weighted by molar-refractivity contribution is 5.92. The fourth-order valence-corrected chi connectivity index (χ4v) is 2.38. The van der Waals surface area contributed by atoms with Crippen LogP contribution in [0.15, 0.2) is 24.3 Å². The van der Waals surface area contributed by atoms with Gasteiger partial charge in [0.05, 0.1) is 18.8 Å². The zero-order valence-electron chi connectivity index (χ0n) is 12.2. The van der Waals surface area contributed by atoms with E-state index in [-0.39, 0.29) is 11.5 Å². The molecule has 1 amide bonds. The monoisotopic (exact) mass is 277 g/mol. The van der Waals surface area contributed by atoms with Gasteiger partial charge in [-0.1, -0.05) is 12.1 Å².